The van der Waals surface area contributed by atoms with E-state index in [9.17, 15) is 0 Å². The molecule has 0 aromatic carbocycles. The van der Waals surface area contributed by atoms with E-state index in [1.54, 1.807) is 0 Å². The molecule has 0 bridgehead atoms. The Labute approximate surface area is 94.9 Å². The Kier molecular flexibility index (Phi) is 3.07. The van der Waals surface area contributed by atoms with Gasteiger partial charge in [0, 0.05) is 25.2 Å². The van der Waals surface area contributed by atoms with Crippen LogP contribution in [0.1, 0.15) is 6.42 Å². The number of aromatic nitrogens is 2. The maximum atomic E-state index is 5.83. The van der Waals surface area contributed by atoms with Crippen molar-refractivity contribution in [2.75, 3.05) is 32.1 Å². The zero-order valence-electron chi connectivity index (χ0n) is 9.02. The summed E-state index contributed by atoms with van der Waals surface area (Å²) in [5.41, 5.74) is 0. The molecule has 0 aliphatic carbocycles. The number of rotatable bonds is 2. The lowest BCUT2D eigenvalue weighted by Gasteiger charge is -2.20. The molecule has 82 valence electrons. The molecule has 0 unspecified atom stereocenters. The van der Waals surface area contributed by atoms with Gasteiger partial charge >= 0.3 is 0 Å². The van der Waals surface area contributed by atoms with Crippen molar-refractivity contribution in [3.63, 3.8) is 0 Å². The molecule has 0 amide bonds. The van der Waals surface area contributed by atoms with Gasteiger partial charge in [-0.2, -0.15) is 0 Å². The molecule has 0 saturated carbocycles. The minimum absolute atomic E-state index is 0.508. The topological polar surface area (TPSA) is 32.3 Å². The molecule has 15 heavy (non-hydrogen) atoms. The highest BCUT2D eigenvalue weighted by molar-refractivity contribution is 6.29. The van der Waals surface area contributed by atoms with E-state index < -0.39 is 0 Å². The highest BCUT2D eigenvalue weighted by Gasteiger charge is 2.24. The lowest BCUT2D eigenvalue weighted by molar-refractivity contribution is 0.315. The Balaban J connectivity index is 2.08. The maximum Gasteiger partial charge on any atom is 0.134 e. The molecule has 1 aliphatic heterocycles. The number of likely N-dealkylation sites (N-methyl/N-ethyl adjacent to an activating group) is 1. The Morgan fingerprint density at radius 1 is 1.47 bits per heavy atom. The van der Waals surface area contributed by atoms with Gasteiger partial charge in [0.25, 0.3) is 0 Å². The molecule has 5 heteroatoms. The number of hydrogen-bond acceptors (Lipinski definition) is 4. The van der Waals surface area contributed by atoms with E-state index in [1.807, 2.05) is 6.07 Å². The van der Waals surface area contributed by atoms with Crippen molar-refractivity contribution in [3.8, 4) is 0 Å². The van der Waals surface area contributed by atoms with Crippen LogP contribution >= 0.6 is 11.6 Å². The van der Waals surface area contributed by atoms with Gasteiger partial charge in [-0.05, 0) is 20.5 Å². The third kappa shape index (κ3) is 2.38. The van der Waals surface area contributed by atoms with Gasteiger partial charge in [0.1, 0.15) is 17.3 Å². The minimum atomic E-state index is 0.508. The van der Waals surface area contributed by atoms with Crippen LogP contribution < -0.4 is 4.90 Å². The quantitative estimate of drug-likeness (QED) is 0.711. The van der Waals surface area contributed by atoms with Crippen LogP contribution in [0.5, 0.6) is 0 Å². The first-order valence-corrected chi connectivity index (χ1v) is 5.43. The van der Waals surface area contributed by atoms with Crippen LogP contribution in [0.15, 0.2) is 12.4 Å². The molecule has 1 aromatic rings. The van der Waals surface area contributed by atoms with Gasteiger partial charge in [0.2, 0.25) is 0 Å². The predicted octanol–water partition coefficient (Wildman–Crippen LogP) is 1.27. The molecule has 0 N–H and O–H groups in total. The van der Waals surface area contributed by atoms with Crippen LogP contribution in [0.4, 0.5) is 5.82 Å². The lowest BCUT2D eigenvalue weighted by atomic mass is 10.2. The van der Waals surface area contributed by atoms with Gasteiger partial charge in [-0.15, -0.1) is 0 Å². The molecular formula is C10H15ClN4. The van der Waals surface area contributed by atoms with E-state index in [0.29, 0.717) is 11.2 Å². The summed E-state index contributed by atoms with van der Waals surface area (Å²) in [7, 11) is 4.22. The van der Waals surface area contributed by atoms with Gasteiger partial charge in [-0.3, -0.25) is 0 Å². The molecule has 0 radical (unpaired) electrons. The largest absolute Gasteiger partial charge is 0.355 e. The first-order valence-electron chi connectivity index (χ1n) is 5.06. The standard InChI is InChI=1S/C10H15ClN4/c1-14(2)8-3-4-15(6-8)10-5-9(11)12-7-13-10/h5,7-8H,3-4,6H2,1-2H3/t8-/m1/s1. The van der Waals surface area contributed by atoms with Crippen LogP contribution in [-0.4, -0.2) is 48.1 Å². The molecular weight excluding hydrogens is 212 g/mol. The third-order valence-corrected chi connectivity index (χ3v) is 3.04. The van der Waals surface area contributed by atoms with E-state index in [4.69, 9.17) is 11.6 Å². The van der Waals surface area contributed by atoms with Crippen molar-refractivity contribution < 1.29 is 0 Å². The zero-order chi connectivity index (χ0) is 10.8. The molecule has 4 nitrogen and oxygen atoms in total. The Morgan fingerprint density at radius 2 is 2.27 bits per heavy atom. The van der Waals surface area contributed by atoms with Crippen LogP contribution in [-0.2, 0) is 0 Å². The monoisotopic (exact) mass is 226 g/mol. The molecule has 1 atom stereocenters. The minimum Gasteiger partial charge on any atom is -0.355 e. The summed E-state index contributed by atoms with van der Waals surface area (Å²) >= 11 is 5.83. The van der Waals surface area contributed by atoms with Gasteiger partial charge in [-0.1, -0.05) is 11.6 Å². The highest BCUT2D eigenvalue weighted by Crippen LogP contribution is 2.21. The van der Waals surface area contributed by atoms with Crippen LogP contribution in [0, 0.1) is 0 Å². The fraction of sp³-hybridized carbons (Fsp3) is 0.600. The third-order valence-electron chi connectivity index (χ3n) is 2.84. The predicted molar refractivity (Wildman–Crippen MR) is 61.3 cm³/mol. The van der Waals surface area contributed by atoms with Crippen molar-refractivity contribution >= 4 is 17.4 Å². The average Bonchev–Trinajstić information content (AvgIpc) is 2.66. The van der Waals surface area contributed by atoms with Crippen LogP contribution in [0.2, 0.25) is 5.15 Å². The Hall–Kier alpha value is -0.870. The van der Waals surface area contributed by atoms with E-state index in [-0.39, 0.29) is 0 Å². The smallest absolute Gasteiger partial charge is 0.134 e. The van der Waals surface area contributed by atoms with E-state index in [0.717, 1.165) is 18.9 Å². The second-order valence-corrected chi connectivity index (χ2v) is 4.44. The molecule has 1 saturated heterocycles. The summed E-state index contributed by atoms with van der Waals surface area (Å²) in [4.78, 5) is 12.6. The van der Waals surface area contributed by atoms with E-state index in [1.165, 1.54) is 12.7 Å². The normalized spacial score (nSPS) is 21.3. The molecule has 2 heterocycles. The molecule has 1 fully saturated rings. The van der Waals surface area contributed by atoms with Crippen LogP contribution in [0.3, 0.4) is 0 Å². The lowest BCUT2D eigenvalue weighted by Crippen LogP contribution is -2.31. The van der Waals surface area contributed by atoms with Crippen molar-refractivity contribution in [2.45, 2.75) is 12.5 Å². The van der Waals surface area contributed by atoms with E-state index in [2.05, 4.69) is 33.9 Å². The highest BCUT2D eigenvalue weighted by atomic mass is 35.5. The number of nitrogens with zero attached hydrogens (tertiary/aromatic N) is 4. The molecule has 1 aromatic heterocycles. The summed E-state index contributed by atoms with van der Waals surface area (Å²) in [6.45, 7) is 2.05. The fourth-order valence-corrected chi connectivity index (χ4v) is 2.01. The first kappa shape index (κ1) is 10.6. The second-order valence-electron chi connectivity index (χ2n) is 4.05. The van der Waals surface area contributed by atoms with Gasteiger partial charge in [-0.25, -0.2) is 9.97 Å². The van der Waals surface area contributed by atoms with Crippen molar-refractivity contribution in [2.24, 2.45) is 0 Å². The Morgan fingerprint density at radius 3 is 2.87 bits per heavy atom. The number of anilines is 1. The van der Waals surface area contributed by atoms with Crippen molar-refractivity contribution in [1.29, 1.82) is 0 Å². The molecule has 1 aliphatic rings. The summed E-state index contributed by atoms with van der Waals surface area (Å²) in [5.74, 6) is 0.930. The second kappa shape index (κ2) is 4.33. The summed E-state index contributed by atoms with van der Waals surface area (Å²) in [6, 6.07) is 2.43. The summed E-state index contributed by atoms with van der Waals surface area (Å²) in [5, 5.41) is 0.508. The van der Waals surface area contributed by atoms with Crippen molar-refractivity contribution in [3.05, 3.63) is 17.5 Å². The zero-order valence-corrected chi connectivity index (χ0v) is 9.78. The molecule has 0 spiro atoms. The van der Waals surface area contributed by atoms with E-state index >= 15 is 0 Å². The first-order chi connectivity index (χ1) is 7.16. The maximum absolute atomic E-state index is 5.83. The van der Waals surface area contributed by atoms with Gasteiger partial charge < -0.3 is 9.80 Å². The van der Waals surface area contributed by atoms with Crippen molar-refractivity contribution in [1.82, 2.24) is 14.9 Å². The SMILES string of the molecule is CN(C)[C@@H]1CCN(c2cc(Cl)ncn2)C1. The van der Waals surface area contributed by atoms with Gasteiger partial charge in [0.15, 0.2) is 0 Å². The Bertz CT molecular complexity index is 342. The molecule has 2 rings (SSSR count). The fourth-order valence-electron chi connectivity index (χ4n) is 1.87. The number of hydrogen-bond donors (Lipinski definition) is 0. The number of halogens is 1. The average molecular weight is 227 g/mol. The summed E-state index contributed by atoms with van der Waals surface area (Å²) in [6.07, 6.45) is 2.69. The van der Waals surface area contributed by atoms with Crippen LogP contribution in [0.25, 0.3) is 0 Å². The van der Waals surface area contributed by atoms with Gasteiger partial charge in [0.05, 0.1) is 0 Å². The summed E-state index contributed by atoms with van der Waals surface area (Å²) < 4.78 is 0.